The highest BCUT2D eigenvalue weighted by Crippen LogP contribution is 2.46. The third kappa shape index (κ3) is 8.20. The Morgan fingerprint density at radius 2 is 1.08 bits per heavy atom. The number of halogens is 2. The minimum atomic E-state index is -1.13. The summed E-state index contributed by atoms with van der Waals surface area (Å²) in [6.07, 6.45) is 4.10. The number of amides is 2. The van der Waals surface area contributed by atoms with Crippen LogP contribution in [0.1, 0.15) is 71.2 Å². The van der Waals surface area contributed by atoms with E-state index in [1.165, 1.54) is 31.4 Å². The Bertz CT molecular complexity index is 2550. The maximum Gasteiger partial charge on any atom is 0.343 e. The van der Waals surface area contributed by atoms with Gasteiger partial charge in [-0.05, 0) is 85.0 Å². The molecule has 0 spiro atoms. The smallest absolute Gasteiger partial charge is 0.343 e. The first-order valence-electron chi connectivity index (χ1n) is 19.4. The van der Waals surface area contributed by atoms with Crippen LogP contribution in [0.3, 0.4) is 0 Å². The van der Waals surface area contributed by atoms with Crippen molar-refractivity contribution >= 4 is 45.6 Å². The van der Waals surface area contributed by atoms with Crippen LogP contribution in [0.25, 0.3) is 21.8 Å². The van der Waals surface area contributed by atoms with Crippen molar-refractivity contribution in [3.05, 3.63) is 130 Å². The zero-order valence-electron chi connectivity index (χ0n) is 32.4. The molecule has 14 heteroatoms. The second-order valence-electron chi connectivity index (χ2n) is 14.6. The van der Waals surface area contributed by atoms with Crippen molar-refractivity contribution in [1.82, 2.24) is 9.13 Å². The first kappa shape index (κ1) is 40.5. The van der Waals surface area contributed by atoms with Crippen molar-refractivity contribution in [2.75, 3.05) is 20.3 Å². The molecule has 2 aliphatic carbocycles. The summed E-state index contributed by atoms with van der Waals surface area (Å²) in [5.41, 5.74) is 17.2. The Hall–Kier alpha value is -6.70. The molecule has 6 aromatic rings. The van der Waals surface area contributed by atoms with E-state index in [0.29, 0.717) is 77.5 Å². The molecule has 2 unspecified atom stereocenters. The summed E-state index contributed by atoms with van der Waals surface area (Å²) >= 11 is 0. The predicted octanol–water partition coefficient (Wildman–Crippen LogP) is 6.48. The number of carboxylic acids is 1. The summed E-state index contributed by atoms with van der Waals surface area (Å²) in [6.45, 7) is 0.0186. The van der Waals surface area contributed by atoms with Crippen LogP contribution in [-0.4, -0.2) is 58.3 Å². The van der Waals surface area contributed by atoms with Crippen LogP contribution in [-0.2, 0) is 49.8 Å². The average Bonchev–Trinajstić information content (AvgIpc) is 3.75. The summed E-state index contributed by atoms with van der Waals surface area (Å²) in [7, 11) is 1.27. The summed E-state index contributed by atoms with van der Waals surface area (Å²) < 4.78 is 49.7. The minimum Gasteiger partial charge on any atom is -0.481 e. The van der Waals surface area contributed by atoms with Crippen molar-refractivity contribution in [3.63, 3.8) is 0 Å². The van der Waals surface area contributed by atoms with Gasteiger partial charge in [0.05, 0.1) is 30.0 Å². The van der Waals surface area contributed by atoms with Gasteiger partial charge in [0.15, 0.2) is 13.2 Å². The van der Waals surface area contributed by atoms with Crippen LogP contribution in [0.5, 0.6) is 11.5 Å². The monoisotopic (exact) mass is 806 g/mol. The Balaban J connectivity index is 0.000000179. The number of carbonyl (C=O) groups is 4. The second-order valence-corrected chi connectivity index (χ2v) is 14.6. The molecule has 5 N–H and O–H groups in total. The lowest BCUT2D eigenvalue weighted by atomic mass is 9.84. The Morgan fingerprint density at radius 1 is 0.661 bits per heavy atom. The summed E-state index contributed by atoms with van der Waals surface area (Å²) in [5, 5.41) is 9.95. The van der Waals surface area contributed by atoms with Crippen molar-refractivity contribution in [1.29, 1.82) is 0 Å². The van der Waals surface area contributed by atoms with Crippen LogP contribution in [0, 0.1) is 11.6 Å². The van der Waals surface area contributed by atoms with E-state index >= 15 is 8.78 Å². The molecular formula is C45H44F2N4O8. The number of aromatic nitrogens is 2. The quantitative estimate of drug-likeness (QED) is 0.118. The SMILES string of the molecule is COC(=O)COc1ccc(F)c2c1c1c(n2Cc2ccccc2)CCCC1C(N)=O.NC(=O)C1CCCc2c1c1c(OCC(=O)O)ccc(F)c1n2Cc1ccccc1. The molecule has 0 radical (unpaired) electrons. The predicted molar refractivity (Wildman–Crippen MR) is 215 cm³/mol. The van der Waals surface area contributed by atoms with Gasteiger partial charge in [0, 0.05) is 35.2 Å². The number of ether oxygens (including phenoxy) is 3. The molecule has 4 aromatic carbocycles. The molecule has 2 atom stereocenters. The minimum absolute atomic E-state index is 0.250. The van der Waals surface area contributed by atoms with E-state index in [4.69, 9.17) is 26.0 Å². The van der Waals surface area contributed by atoms with E-state index in [9.17, 15) is 19.2 Å². The van der Waals surface area contributed by atoms with E-state index in [1.54, 1.807) is 0 Å². The summed E-state index contributed by atoms with van der Waals surface area (Å²) in [5.74, 6) is -3.96. The van der Waals surface area contributed by atoms with Gasteiger partial charge in [-0.25, -0.2) is 18.4 Å². The Morgan fingerprint density at radius 3 is 1.47 bits per heavy atom. The largest absolute Gasteiger partial charge is 0.481 e. The Labute approximate surface area is 338 Å². The number of carbonyl (C=O) groups excluding carboxylic acids is 3. The number of primary amides is 2. The number of nitrogens with zero attached hydrogens (tertiary/aromatic N) is 2. The van der Waals surface area contributed by atoms with Gasteiger partial charge >= 0.3 is 11.9 Å². The van der Waals surface area contributed by atoms with Gasteiger partial charge in [-0.1, -0.05) is 60.7 Å². The summed E-state index contributed by atoms with van der Waals surface area (Å²) in [6, 6.07) is 24.9. The number of fused-ring (bicyclic) bond motifs is 6. The maximum absolute atomic E-state index is 15.1. The van der Waals surface area contributed by atoms with Gasteiger partial charge in [-0.2, -0.15) is 0 Å². The fourth-order valence-electron chi connectivity index (χ4n) is 8.54. The number of hydrogen-bond acceptors (Lipinski definition) is 7. The number of nitrogens with two attached hydrogens (primary N) is 2. The molecule has 0 fully saturated rings. The first-order valence-corrected chi connectivity index (χ1v) is 19.4. The van der Waals surface area contributed by atoms with E-state index in [1.807, 2.05) is 69.8 Å². The van der Waals surface area contributed by atoms with Crippen molar-refractivity contribution < 1.29 is 47.3 Å². The molecule has 0 saturated carbocycles. The molecule has 8 rings (SSSR count). The molecule has 12 nitrogen and oxygen atoms in total. The number of benzene rings is 4. The molecule has 0 aliphatic heterocycles. The zero-order chi connectivity index (χ0) is 41.8. The lowest BCUT2D eigenvalue weighted by Crippen LogP contribution is -2.25. The fourth-order valence-corrected chi connectivity index (χ4v) is 8.54. The summed E-state index contributed by atoms with van der Waals surface area (Å²) in [4.78, 5) is 47.0. The highest BCUT2D eigenvalue weighted by atomic mass is 19.1. The molecule has 0 saturated heterocycles. The van der Waals surface area contributed by atoms with Gasteiger partial charge in [0.25, 0.3) is 0 Å². The molecule has 2 amide bonds. The van der Waals surface area contributed by atoms with E-state index in [2.05, 4.69) is 4.74 Å². The fraction of sp³-hybridized carbons (Fsp3) is 0.289. The number of rotatable bonds is 12. The van der Waals surface area contributed by atoms with Crippen LogP contribution >= 0.6 is 0 Å². The highest BCUT2D eigenvalue weighted by molar-refractivity contribution is 5.99. The van der Waals surface area contributed by atoms with Crippen molar-refractivity contribution in [3.8, 4) is 11.5 Å². The van der Waals surface area contributed by atoms with Crippen LogP contribution < -0.4 is 20.9 Å². The van der Waals surface area contributed by atoms with E-state index in [-0.39, 0.29) is 12.4 Å². The topological polar surface area (TPSA) is 178 Å². The number of methoxy groups -OCH3 is 1. The van der Waals surface area contributed by atoms with E-state index in [0.717, 1.165) is 35.4 Å². The molecule has 59 heavy (non-hydrogen) atoms. The molecule has 0 bridgehead atoms. The molecular weight excluding hydrogens is 763 g/mol. The van der Waals surface area contributed by atoms with Crippen molar-refractivity contribution in [2.45, 2.75) is 63.5 Å². The molecule has 2 heterocycles. The Kier molecular flexibility index (Phi) is 12.0. The van der Waals surface area contributed by atoms with Gasteiger partial charge in [-0.3, -0.25) is 9.59 Å². The maximum atomic E-state index is 15.1. The number of esters is 1. The lowest BCUT2D eigenvalue weighted by molar-refractivity contribution is -0.143. The zero-order valence-corrected chi connectivity index (χ0v) is 32.4. The third-order valence-electron chi connectivity index (χ3n) is 11.0. The average molecular weight is 807 g/mol. The normalized spacial score (nSPS) is 15.7. The van der Waals surface area contributed by atoms with Gasteiger partial charge < -0.3 is 39.9 Å². The van der Waals surface area contributed by atoms with Crippen LogP contribution in [0.15, 0.2) is 84.9 Å². The number of carboxylic acid groups (broad SMARTS) is 1. The van der Waals surface area contributed by atoms with Gasteiger partial charge in [0.2, 0.25) is 11.8 Å². The second kappa shape index (κ2) is 17.4. The van der Waals surface area contributed by atoms with Crippen LogP contribution in [0.2, 0.25) is 0 Å². The lowest BCUT2D eigenvalue weighted by Gasteiger charge is -2.22. The van der Waals surface area contributed by atoms with Gasteiger partial charge in [-0.15, -0.1) is 0 Å². The molecule has 2 aliphatic rings. The van der Waals surface area contributed by atoms with E-state index < -0.39 is 53.8 Å². The third-order valence-corrected chi connectivity index (χ3v) is 11.0. The molecule has 2 aromatic heterocycles. The van der Waals surface area contributed by atoms with Gasteiger partial charge in [0.1, 0.15) is 23.1 Å². The van der Waals surface area contributed by atoms with Crippen LogP contribution in [0.4, 0.5) is 8.78 Å². The number of hydrogen-bond donors (Lipinski definition) is 3. The van der Waals surface area contributed by atoms with Crippen molar-refractivity contribution in [2.24, 2.45) is 11.5 Å². The first-order chi connectivity index (χ1) is 28.5. The highest BCUT2D eigenvalue weighted by Gasteiger charge is 2.35. The number of aliphatic carboxylic acids is 1. The molecule has 306 valence electrons. The standard InChI is InChI=1S/C23H23FN2O4.C22H21FN2O4/c1-29-19(27)13-30-18-11-10-16(24)22-21(18)20-15(23(25)28)8-5-9-17(20)26(22)12-14-6-3-2-4-7-14;23-15-9-10-17(29-12-18(26)27)20-19-14(22(24)28)7-4-8-16(19)25(21(15)20)11-13-5-2-1-3-6-13/h2-4,6-7,10-11,15H,5,8-9,12-13H2,1H3,(H2,25,28);1-3,5-6,9-10,14H,4,7-8,11-12H2,(H2,24,28)(H,26,27).